The van der Waals surface area contributed by atoms with E-state index in [0.717, 1.165) is 5.92 Å². The van der Waals surface area contributed by atoms with Gasteiger partial charge in [-0.15, -0.1) is 11.6 Å². The Bertz CT molecular complexity index is 385. The van der Waals surface area contributed by atoms with Gasteiger partial charge in [0, 0.05) is 5.38 Å². The first-order valence-electron chi connectivity index (χ1n) is 6.70. The lowest BCUT2D eigenvalue weighted by atomic mass is 9.86. The fraction of sp³-hybridized carbons (Fsp3) is 0.625. The molecule has 1 aromatic carbocycles. The van der Waals surface area contributed by atoms with Gasteiger partial charge in [-0.05, 0) is 68.6 Å². The molecule has 1 fully saturated rings. The van der Waals surface area contributed by atoms with E-state index >= 15 is 0 Å². The molecule has 0 saturated heterocycles. The fourth-order valence-electron chi connectivity index (χ4n) is 3.28. The van der Waals surface area contributed by atoms with Gasteiger partial charge in [-0.3, -0.25) is 0 Å². The van der Waals surface area contributed by atoms with Crippen LogP contribution in [0.1, 0.15) is 42.0 Å². The summed E-state index contributed by atoms with van der Waals surface area (Å²) in [5, 5.41) is 0.395. The predicted molar refractivity (Wildman–Crippen MR) is 75.9 cm³/mol. The molecule has 0 spiro atoms. The lowest BCUT2D eigenvalue weighted by Crippen LogP contribution is -2.14. The van der Waals surface area contributed by atoms with E-state index in [1.807, 2.05) is 0 Å². The van der Waals surface area contributed by atoms with E-state index in [0.29, 0.717) is 11.3 Å². The molecule has 0 aliphatic heterocycles. The Kier molecular flexibility index (Phi) is 3.82. The van der Waals surface area contributed by atoms with Crippen molar-refractivity contribution in [2.24, 2.45) is 11.8 Å². The Morgan fingerprint density at radius 1 is 1.12 bits per heavy atom. The topological polar surface area (TPSA) is 0 Å². The second-order valence-electron chi connectivity index (χ2n) is 5.79. The smallest absolute Gasteiger partial charge is 0.0364 e. The van der Waals surface area contributed by atoms with E-state index in [-0.39, 0.29) is 0 Å². The molecular weight excluding hydrogens is 228 g/mol. The highest BCUT2D eigenvalue weighted by atomic mass is 35.5. The van der Waals surface area contributed by atoms with Crippen molar-refractivity contribution in [2.75, 3.05) is 0 Å². The normalized spacial score (nSPS) is 28.6. The first-order chi connectivity index (χ1) is 7.99. The lowest BCUT2D eigenvalue weighted by molar-refractivity contribution is 0.418. The Hall–Kier alpha value is -0.490. The predicted octanol–water partition coefficient (Wildman–Crippen LogP) is 4.81. The molecule has 1 aliphatic carbocycles. The van der Waals surface area contributed by atoms with Gasteiger partial charge >= 0.3 is 0 Å². The molecular formula is C16H23Cl. The molecule has 0 heterocycles. The number of rotatable bonds is 2. The molecule has 3 unspecified atom stereocenters. The summed E-state index contributed by atoms with van der Waals surface area (Å²) in [6.45, 7) is 8.98. The highest BCUT2D eigenvalue weighted by Crippen LogP contribution is 2.38. The number of aryl methyl sites for hydroxylation is 3. The van der Waals surface area contributed by atoms with Gasteiger partial charge in [0.1, 0.15) is 0 Å². The van der Waals surface area contributed by atoms with Crippen molar-refractivity contribution in [3.63, 3.8) is 0 Å². The van der Waals surface area contributed by atoms with Crippen molar-refractivity contribution < 1.29 is 0 Å². The highest BCUT2D eigenvalue weighted by molar-refractivity contribution is 6.20. The summed E-state index contributed by atoms with van der Waals surface area (Å²) in [6, 6.07) is 4.61. The Morgan fingerprint density at radius 2 is 1.71 bits per heavy atom. The van der Waals surface area contributed by atoms with Crippen LogP contribution in [-0.4, -0.2) is 5.38 Å². The van der Waals surface area contributed by atoms with E-state index in [9.17, 15) is 0 Å². The maximum Gasteiger partial charge on any atom is 0.0364 e. The van der Waals surface area contributed by atoms with Crippen molar-refractivity contribution in [3.8, 4) is 0 Å². The van der Waals surface area contributed by atoms with Crippen molar-refractivity contribution >= 4 is 11.6 Å². The van der Waals surface area contributed by atoms with Crippen LogP contribution in [0.3, 0.4) is 0 Å². The van der Waals surface area contributed by atoms with Gasteiger partial charge in [-0.25, -0.2) is 0 Å². The molecule has 94 valence electrons. The van der Waals surface area contributed by atoms with Crippen molar-refractivity contribution in [1.29, 1.82) is 0 Å². The molecule has 0 aromatic heterocycles. The minimum Gasteiger partial charge on any atom is -0.123 e. The van der Waals surface area contributed by atoms with Crippen LogP contribution in [0.25, 0.3) is 0 Å². The Balaban J connectivity index is 2.19. The zero-order chi connectivity index (χ0) is 12.6. The van der Waals surface area contributed by atoms with Crippen molar-refractivity contribution in [2.45, 2.75) is 52.3 Å². The molecule has 0 bridgehead atoms. The van der Waals surface area contributed by atoms with E-state index in [1.165, 1.54) is 36.0 Å². The number of hydrogen-bond donors (Lipinski definition) is 0. The molecule has 0 amide bonds. The lowest BCUT2D eigenvalue weighted by Gasteiger charge is -2.20. The van der Waals surface area contributed by atoms with E-state index in [2.05, 4.69) is 39.8 Å². The Labute approximate surface area is 110 Å². The van der Waals surface area contributed by atoms with Gasteiger partial charge in [0.25, 0.3) is 0 Å². The van der Waals surface area contributed by atoms with Gasteiger partial charge < -0.3 is 0 Å². The molecule has 1 heteroatoms. The van der Waals surface area contributed by atoms with Crippen LogP contribution in [0.4, 0.5) is 0 Å². The van der Waals surface area contributed by atoms with Gasteiger partial charge in [0.2, 0.25) is 0 Å². The van der Waals surface area contributed by atoms with Crippen LogP contribution >= 0.6 is 11.6 Å². The molecule has 3 atom stereocenters. The summed E-state index contributed by atoms with van der Waals surface area (Å²) in [5.41, 5.74) is 5.83. The molecule has 0 radical (unpaired) electrons. The van der Waals surface area contributed by atoms with Gasteiger partial charge in [-0.1, -0.05) is 24.6 Å². The molecule has 0 N–H and O–H groups in total. The van der Waals surface area contributed by atoms with E-state index in [1.54, 1.807) is 5.56 Å². The average Bonchev–Trinajstić information content (AvgIpc) is 2.54. The van der Waals surface area contributed by atoms with Crippen molar-refractivity contribution in [3.05, 3.63) is 34.4 Å². The zero-order valence-electron chi connectivity index (χ0n) is 11.4. The summed E-state index contributed by atoms with van der Waals surface area (Å²) < 4.78 is 0. The number of alkyl halides is 1. The van der Waals surface area contributed by atoms with Gasteiger partial charge in [0.05, 0.1) is 0 Å². The maximum absolute atomic E-state index is 6.33. The molecule has 2 rings (SSSR count). The van der Waals surface area contributed by atoms with E-state index in [4.69, 9.17) is 11.6 Å². The first kappa shape index (κ1) is 13.0. The summed E-state index contributed by atoms with van der Waals surface area (Å²) in [4.78, 5) is 0. The maximum atomic E-state index is 6.33. The number of benzene rings is 1. The van der Waals surface area contributed by atoms with Gasteiger partial charge in [0.15, 0.2) is 0 Å². The van der Waals surface area contributed by atoms with Crippen LogP contribution < -0.4 is 0 Å². The second kappa shape index (κ2) is 5.02. The van der Waals surface area contributed by atoms with Crippen LogP contribution in [0.2, 0.25) is 0 Å². The van der Waals surface area contributed by atoms with Crippen molar-refractivity contribution in [1.82, 2.24) is 0 Å². The third-order valence-electron chi connectivity index (χ3n) is 4.43. The van der Waals surface area contributed by atoms with Gasteiger partial charge in [-0.2, -0.15) is 0 Å². The third-order valence-corrected chi connectivity index (χ3v) is 5.05. The van der Waals surface area contributed by atoms with Crippen LogP contribution in [0, 0.1) is 32.6 Å². The third kappa shape index (κ3) is 2.68. The quantitative estimate of drug-likeness (QED) is 0.661. The highest BCUT2D eigenvalue weighted by Gasteiger charge is 2.31. The summed E-state index contributed by atoms with van der Waals surface area (Å²) in [7, 11) is 0. The molecule has 1 aliphatic rings. The largest absolute Gasteiger partial charge is 0.123 e. The van der Waals surface area contributed by atoms with Crippen LogP contribution in [-0.2, 0) is 6.42 Å². The van der Waals surface area contributed by atoms with Crippen LogP contribution in [0.15, 0.2) is 12.1 Å². The fourth-order valence-corrected chi connectivity index (χ4v) is 3.61. The summed E-state index contributed by atoms with van der Waals surface area (Å²) in [6.07, 6.45) is 3.70. The number of halogens is 1. The minimum atomic E-state index is 0.395. The molecule has 17 heavy (non-hydrogen) atoms. The first-order valence-corrected chi connectivity index (χ1v) is 7.13. The number of hydrogen-bond acceptors (Lipinski definition) is 0. The molecule has 0 nitrogen and oxygen atoms in total. The molecule has 1 aromatic rings. The SMILES string of the molecule is Cc1cc(C)c(CC2CCC(Cl)C2C)c(C)c1. The second-order valence-corrected chi connectivity index (χ2v) is 6.35. The minimum absolute atomic E-state index is 0.395. The average molecular weight is 251 g/mol. The summed E-state index contributed by atoms with van der Waals surface area (Å²) in [5.74, 6) is 1.44. The Morgan fingerprint density at radius 3 is 2.18 bits per heavy atom. The monoisotopic (exact) mass is 250 g/mol. The summed E-state index contributed by atoms with van der Waals surface area (Å²) >= 11 is 6.33. The van der Waals surface area contributed by atoms with Crippen LogP contribution in [0.5, 0.6) is 0 Å². The zero-order valence-corrected chi connectivity index (χ0v) is 12.1. The standard InChI is InChI=1S/C16H23Cl/c1-10-7-11(2)15(12(3)8-10)9-14-5-6-16(17)13(14)4/h7-8,13-14,16H,5-6,9H2,1-4H3. The molecule has 1 saturated carbocycles. The van der Waals surface area contributed by atoms with E-state index < -0.39 is 0 Å².